The third-order valence-electron chi connectivity index (χ3n) is 7.77. The molecule has 4 rings (SSSR count). The molecule has 1 aromatic carbocycles. The summed E-state index contributed by atoms with van der Waals surface area (Å²) in [5.41, 5.74) is 4.96. The molecule has 2 aromatic heterocycles. The van der Waals surface area contributed by atoms with Crippen LogP contribution in [0.25, 0.3) is 22.0 Å². The minimum Gasteiger partial charge on any atom is -0.347 e. The summed E-state index contributed by atoms with van der Waals surface area (Å²) in [6, 6.07) is 13.2. The van der Waals surface area contributed by atoms with Gasteiger partial charge in [-0.15, -0.1) is 0 Å². The van der Waals surface area contributed by atoms with Crippen molar-refractivity contribution in [1.82, 2.24) is 4.98 Å². The maximum atomic E-state index is 4.91. The standard InChI is InChI=1S/C32H46N3PS/c1-5-8-22-36(23-9-6-2,24-10-7-3)25-14-20-35-21-18-27(28-15-11-12-16-29(28)35)26-31-33-32-30(37-31)17-13-19-34(32)4/h11-13,15-19,21,26H,5-10,14,20,22-25H2,1-4H3/q+2. The molecule has 0 N–H and O–H groups in total. The summed E-state index contributed by atoms with van der Waals surface area (Å²) in [6.07, 6.45) is 24.5. The lowest BCUT2D eigenvalue weighted by atomic mass is 9.99. The van der Waals surface area contributed by atoms with Crippen molar-refractivity contribution in [3.05, 3.63) is 65.4 Å². The number of thiazole rings is 1. The number of hydrogen-bond acceptors (Lipinski definition) is 3. The van der Waals surface area contributed by atoms with Crippen molar-refractivity contribution in [3.8, 4) is 0 Å². The first kappa shape index (κ1) is 28.0. The van der Waals surface area contributed by atoms with Gasteiger partial charge in [-0.2, -0.15) is 0 Å². The third-order valence-corrected chi connectivity index (χ3v) is 13.8. The number of fused-ring (bicyclic) bond motifs is 2. The lowest BCUT2D eigenvalue weighted by Gasteiger charge is -2.31. The highest BCUT2D eigenvalue weighted by molar-refractivity contribution is 7.75. The molecule has 0 saturated carbocycles. The molecule has 3 nitrogen and oxygen atoms in total. The quantitative estimate of drug-likeness (QED) is 0.152. The van der Waals surface area contributed by atoms with E-state index in [0.29, 0.717) is 0 Å². The number of pyridine rings is 1. The van der Waals surface area contributed by atoms with E-state index in [4.69, 9.17) is 4.98 Å². The van der Waals surface area contributed by atoms with Crippen LogP contribution < -0.4 is 9.47 Å². The van der Waals surface area contributed by atoms with E-state index < -0.39 is 7.26 Å². The van der Waals surface area contributed by atoms with Crippen LogP contribution in [-0.2, 0) is 7.05 Å². The second-order valence-corrected chi connectivity index (χ2v) is 16.2. The van der Waals surface area contributed by atoms with Crippen LogP contribution >= 0.6 is 18.6 Å². The first-order chi connectivity index (χ1) is 18.1. The van der Waals surface area contributed by atoms with Gasteiger partial charge in [0.25, 0.3) is 0 Å². The first-order valence-electron chi connectivity index (χ1n) is 14.5. The minimum absolute atomic E-state index is 0.846. The summed E-state index contributed by atoms with van der Waals surface area (Å²) in [5.74, 6) is 0. The second-order valence-electron chi connectivity index (χ2n) is 10.6. The SMILES string of the molecule is CCCC[P+](CCCC)(CCCC)CCCN1C=C/C(=C\c2nc3c(ccc[n+]3C)s2)c2ccccc21. The van der Waals surface area contributed by atoms with Gasteiger partial charge in [-0.05, 0) is 60.5 Å². The lowest BCUT2D eigenvalue weighted by molar-refractivity contribution is -0.646. The Morgan fingerprint density at radius 2 is 1.57 bits per heavy atom. The molecule has 3 aromatic rings. The predicted octanol–water partition coefficient (Wildman–Crippen LogP) is 8.80. The summed E-state index contributed by atoms with van der Waals surface area (Å²) in [6.45, 7) is 8.21. The van der Waals surface area contributed by atoms with Crippen LogP contribution in [0.2, 0.25) is 0 Å². The normalized spacial score (nSPS) is 14.6. The van der Waals surface area contributed by atoms with E-state index in [0.717, 1.165) is 17.2 Å². The van der Waals surface area contributed by atoms with Crippen molar-refractivity contribution in [2.75, 3.05) is 36.1 Å². The number of benzene rings is 1. The van der Waals surface area contributed by atoms with E-state index in [1.165, 1.54) is 91.1 Å². The monoisotopic (exact) mass is 535 g/mol. The van der Waals surface area contributed by atoms with Crippen molar-refractivity contribution < 1.29 is 4.57 Å². The highest BCUT2D eigenvalue weighted by atomic mass is 32.1. The predicted molar refractivity (Wildman–Crippen MR) is 167 cm³/mol. The van der Waals surface area contributed by atoms with Crippen LogP contribution in [0, 0.1) is 0 Å². The molecule has 0 unspecified atom stereocenters. The molecule has 0 fully saturated rings. The highest BCUT2D eigenvalue weighted by Crippen LogP contribution is 2.61. The Morgan fingerprint density at radius 3 is 2.24 bits per heavy atom. The van der Waals surface area contributed by atoms with E-state index in [2.05, 4.69) is 98.2 Å². The van der Waals surface area contributed by atoms with Gasteiger partial charge in [0.05, 0.1) is 37.9 Å². The number of allylic oxidation sites excluding steroid dienone is 2. The summed E-state index contributed by atoms with van der Waals surface area (Å²) in [5, 5.41) is 1.07. The zero-order valence-corrected chi connectivity index (χ0v) is 25.2. The third kappa shape index (κ3) is 7.09. The zero-order chi connectivity index (χ0) is 26.1. The van der Waals surface area contributed by atoms with Crippen LogP contribution in [0.15, 0.2) is 54.9 Å². The molecule has 0 aliphatic carbocycles. The maximum absolute atomic E-state index is 4.91. The number of rotatable bonds is 14. The Labute approximate surface area is 229 Å². The number of anilines is 1. The van der Waals surface area contributed by atoms with Crippen LogP contribution in [0.4, 0.5) is 5.69 Å². The maximum Gasteiger partial charge on any atom is 0.341 e. The van der Waals surface area contributed by atoms with E-state index >= 15 is 0 Å². The average molecular weight is 536 g/mol. The van der Waals surface area contributed by atoms with Gasteiger partial charge in [0.2, 0.25) is 5.01 Å². The Balaban J connectivity index is 1.50. The average Bonchev–Trinajstić information content (AvgIpc) is 3.34. The van der Waals surface area contributed by atoms with Crippen LogP contribution in [0.5, 0.6) is 0 Å². The van der Waals surface area contributed by atoms with Crippen LogP contribution in [0.1, 0.15) is 76.3 Å². The number of aromatic nitrogens is 2. The molecule has 1 aliphatic heterocycles. The van der Waals surface area contributed by atoms with E-state index in [-0.39, 0.29) is 0 Å². The molecule has 0 amide bonds. The van der Waals surface area contributed by atoms with Gasteiger partial charge in [-0.25, -0.2) is 4.57 Å². The lowest BCUT2D eigenvalue weighted by Crippen LogP contribution is -2.27. The van der Waals surface area contributed by atoms with Gasteiger partial charge in [0.15, 0.2) is 0 Å². The number of nitrogens with zero attached hydrogens (tertiary/aromatic N) is 3. The summed E-state index contributed by atoms with van der Waals surface area (Å²) in [4.78, 5) is 7.41. The molecule has 1 aliphatic rings. The zero-order valence-electron chi connectivity index (χ0n) is 23.5. The molecule has 37 heavy (non-hydrogen) atoms. The van der Waals surface area contributed by atoms with E-state index in [1.807, 2.05) is 0 Å². The van der Waals surface area contributed by atoms with Crippen molar-refractivity contribution >= 4 is 46.3 Å². The number of hydrogen-bond donors (Lipinski definition) is 0. The Hall–Kier alpha value is -2.03. The molecular weight excluding hydrogens is 489 g/mol. The number of unbranched alkanes of at least 4 members (excludes halogenated alkanes) is 3. The summed E-state index contributed by atoms with van der Waals surface area (Å²) < 4.78 is 3.33. The van der Waals surface area contributed by atoms with Crippen LogP contribution in [-0.4, -0.2) is 36.2 Å². The van der Waals surface area contributed by atoms with Gasteiger partial charge < -0.3 is 4.90 Å². The molecule has 0 radical (unpaired) electrons. The van der Waals surface area contributed by atoms with Gasteiger partial charge in [0.1, 0.15) is 4.70 Å². The summed E-state index contributed by atoms with van der Waals surface area (Å²) >= 11 is 1.76. The highest BCUT2D eigenvalue weighted by Gasteiger charge is 2.35. The molecule has 198 valence electrons. The fraction of sp³-hybridized carbons (Fsp3) is 0.500. The Morgan fingerprint density at radius 1 is 0.892 bits per heavy atom. The molecular formula is C32H46N3PS+2. The number of para-hydroxylation sites is 1. The van der Waals surface area contributed by atoms with Gasteiger partial charge in [-0.1, -0.05) is 69.6 Å². The molecule has 0 spiro atoms. The van der Waals surface area contributed by atoms with Crippen molar-refractivity contribution in [2.24, 2.45) is 7.05 Å². The van der Waals surface area contributed by atoms with Gasteiger partial charge in [0, 0.05) is 37.3 Å². The van der Waals surface area contributed by atoms with Crippen molar-refractivity contribution in [3.63, 3.8) is 0 Å². The smallest absolute Gasteiger partial charge is 0.341 e. The van der Waals surface area contributed by atoms with E-state index in [1.54, 1.807) is 11.3 Å². The molecule has 0 atom stereocenters. The largest absolute Gasteiger partial charge is 0.347 e. The Kier molecular flexibility index (Phi) is 10.3. The van der Waals surface area contributed by atoms with Crippen molar-refractivity contribution in [2.45, 2.75) is 65.7 Å². The fourth-order valence-electron chi connectivity index (χ4n) is 5.58. The molecule has 5 heteroatoms. The van der Waals surface area contributed by atoms with Crippen molar-refractivity contribution in [1.29, 1.82) is 0 Å². The van der Waals surface area contributed by atoms with Gasteiger partial charge in [-0.3, -0.25) is 0 Å². The second kappa shape index (κ2) is 13.7. The van der Waals surface area contributed by atoms with E-state index in [9.17, 15) is 0 Å². The topological polar surface area (TPSA) is 20.0 Å². The molecule has 0 saturated heterocycles. The van der Waals surface area contributed by atoms with Gasteiger partial charge >= 0.3 is 5.65 Å². The minimum atomic E-state index is -0.846. The number of aryl methyl sites for hydroxylation is 1. The first-order valence-corrected chi connectivity index (χ1v) is 17.8. The Bertz CT molecular complexity index is 1190. The summed E-state index contributed by atoms with van der Waals surface area (Å²) in [7, 11) is 1.22. The molecule has 0 bridgehead atoms. The fourth-order valence-corrected chi connectivity index (χ4v) is 11.7. The van der Waals surface area contributed by atoms with Crippen LogP contribution in [0.3, 0.4) is 0 Å². The molecule has 3 heterocycles.